The zero-order valence-electron chi connectivity index (χ0n) is 10.3. The zero-order chi connectivity index (χ0) is 13.8. The number of amides is 2. The van der Waals surface area contributed by atoms with Crippen LogP contribution < -0.4 is 5.32 Å². The Morgan fingerprint density at radius 2 is 2.00 bits per heavy atom. The minimum atomic E-state index is -0.698. The number of nitrogens with zero attached hydrogens (tertiary/aromatic N) is 1. The first kappa shape index (κ1) is 13.8. The monoisotopic (exact) mass is 282 g/mol. The van der Waals surface area contributed by atoms with Crippen LogP contribution in [0.25, 0.3) is 0 Å². The number of halogens is 1. The summed E-state index contributed by atoms with van der Waals surface area (Å²) < 4.78 is 0. The summed E-state index contributed by atoms with van der Waals surface area (Å²) in [5.41, 5.74) is 0.514. The number of aliphatic hydroxyl groups is 1. The Morgan fingerprint density at radius 1 is 1.32 bits per heavy atom. The van der Waals surface area contributed by atoms with Crippen molar-refractivity contribution in [3.05, 3.63) is 29.3 Å². The van der Waals surface area contributed by atoms with E-state index in [9.17, 15) is 14.7 Å². The Kier molecular flexibility index (Phi) is 4.39. The molecule has 0 bridgehead atoms. The predicted octanol–water partition coefficient (Wildman–Crippen LogP) is 1.26. The van der Waals surface area contributed by atoms with Crippen LogP contribution in [-0.2, 0) is 9.59 Å². The lowest BCUT2D eigenvalue weighted by Crippen LogP contribution is -2.46. The molecule has 102 valence electrons. The second-order valence-electron chi connectivity index (χ2n) is 4.51. The molecule has 1 aliphatic rings. The Hall–Kier alpha value is -1.59. The average molecular weight is 283 g/mol. The van der Waals surface area contributed by atoms with Crippen LogP contribution in [0, 0.1) is 0 Å². The topological polar surface area (TPSA) is 69.6 Å². The van der Waals surface area contributed by atoms with Crippen molar-refractivity contribution in [3.8, 4) is 0 Å². The second-order valence-corrected chi connectivity index (χ2v) is 4.94. The summed E-state index contributed by atoms with van der Waals surface area (Å²) in [7, 11) is 0. The summed E-state index contributed by atoms with van der Waals surface area (Å²) in [5.74, 6) is -1.31. The summed E-state index contributed by atoms with van der Waals surface area (Å²) in [6, 6.07) is 6.51. The zero-order valence-corrected chi connectivity index (χ0v) is 11.1. The number of β-amino-alcohol motifs (C(OH)–C–C–N with tert-alkyl or cyclic N) is 1. The molecule has 1 heterocycles. The van der Waals surface area contributed by atoms with Gasteiger partial charge in [0.1, 0.15) is 0 Å². The fourth-order valence-corrected chi connectivity index (χ4v) is 2.13. The molecule has 19 heavy (non-hydrogen) atoms. The van der Waals surface area contributed by atoms with Gasteiger partial charge >= 0.3 is 11.8 Å². The van der Waals surface area contributed by atoms with E-state index in [1.165, 1.54) is 4.90 Å². The highest BCUT2D eigenvalue weighted by molar-refractivity contribution is 6.39. The van der Waals surface area contributed by atoms with Gasteiger partial charge in [0, 0.05) is 23.8 Å². The van der Waals surface area contributed by atoms with E-state index in [-0.39, 0.29) is 6.54 Å². The molecule has 1 saturated heterocycles. The number of piperidine rings is 1. The maximum Gasteiger partial charge on any atom is 0.313 e. The lowest BCUT2D eigenvalue weighted by atomic mass is 10.1. The number of benzene rings is 1. The lowest BCUT2D eigenvalue weighted by molar-refractivity contribution is -0.145. The van der Waals surface area contributed by atoms with E-state index in [2.05, 4.69) is 5.32 Å². The third-order valence-electron chi connectivity index (χ3n) is 2.98. The van der Waals surface area contributed by atoms with E-state index >= 15 is 0 Å². The van der Waals surface area contributed by atoms with Crippen molar-refractivity contribution in [1.29, 1.82) is 0 Å². The van der Waals surface area contributed by atoms with E-state index in [0.29, 0.717) is 30.1 Å². The maximum absolute atomic E-state index is 11.9. The number of aliphatic hydroxyl groups excluding tert-OH is 1. The number of likely N-dealkylation sites (tertiary alicyclic amines) is 1. The van der Waals surface area contributed by atoms with Gasteiger partial charge in [0.05, 0.1) is 6.10 Å². The van der Waals surface area contributed by atoms with Crippen molar-refractivity contribution in [2.75, 3.05) is 18.4 Å². The highest BCUT2D eigenvalue weighted by Crippen LogP contribution is 2.14. The van der Waals surface area contributed by atoms with Gasteiger partial charge in [0.25, 0.3) is 0 Å². The molecule has 1 aromatic rings. The van der Waals surface area contributed by atoms with Gasteiger partial charge in [-0.05, 0) is 37.1 Å². The summed E-state index contributed by atoms with van der Waals surface area (Å²) >= 11 is 5.73. The molecule has 0 aliphatic carbocycles. The first-order chi connectivity index (χ1) is 9.06. The number of hydrogen-bond acceptors (Lipinski definition) is 3. The van der Waals surface area contributed by atoms with Gasteiger partial charge < -0.3 is 15.3 Å². The van der Waals surface area contributed by atoms with E-state index in [1.54, 1.807) is 24.3 Å². The van der Waals surface area contributed by atoms with Crippen molar-refractivity contribution in [3.63, 3.8) is 0 Å². The van der Waals surface area contributed by atoms with Crippen LogP contribution in [0.5, 0.6) is 0 Å². The first-order valence-corrected chi connectivity index (χ1v) is 6.48. The van der Waals surface area contributed by atoms with Crippen LogP contribution in [-0.4, -0.2) is 41.0 Å². The molecule has 5 nitrogen and oxygen atoms in total. The first-order valence-electron chi connectivity index (χ1n) is 6.10. The van der Waals surface area contributed by atoms with Crippen LogP contribution in [0.15, 0.2) is 24.3 Å². The Morgan fingerprint density at radius 3 is 2.63 bits per heavy atom. The van der Waals surface area contributed by atoms with E-state index in [0.717, 1.165) is 0 Å². The van der Waals surface area contributed by atoms with Crippen LogP contribution >= 0.6 is 11.6 Å². The Labute approximate surface area is 116 Å². The fourth-order valence-electron chi connectivity index (χ4n) is 2.00. The van der Waals surface area contributed by atoms with Gasteiger partial charge in [0.2, 0.25) is 0 Å². The number of rotatable bonds is 1. The fraction of sp³-hybridized carbons (Fsp3) is 0.385. The van der Waals surface area contributed by atoms with Gasteiger partial charge in [-0.15, -0.1) is 0 Å². The van der Waals surface area contributed by atoms with E-state index in [4.69, 9.17) is 11.6 Å². The number of nitrogens with one attached hydrogen (secondary N) is 1. The van der Waals surface area contributed by atoms with Crippen LogP contribution in [0.1, 0.15) is 12.8 Å². The number of carbonyl (C=O) groups excluding carboxylic acids is 2. The highest BCUT2D eigenvalue weighted by Gasteiger charge is 2.26. The summed E-state index contributed by atoms with van der Waals surface area (Å²) in [5, 5.41) is 12.6. The van der Waals surface area contributed by atoms with Crippen molar-refractivity contribution in [2.24, 2.45) is 0 Å². The van der Waals surface area contributed by atoms with Crippen LogP contribution in [0.4, 0.5) is 5.69 Å². The minimum Gasteiger partial charge on any atom is -0.391 e. The summed E-state index contributed by atoms with van der Waals surface area (Å²) in [4.78, 5) is 25.1. The number of hydrogen-bond donors (Lipinski definition) is 2. The largest absolute Gasteiger partial charge is 0.391 e. The molecule has 1 fully saturated rings. The normalized spacial score (nSPS) is 19.1. The third kappa shape index (κ3) is 3.68. The lowest BCUT2D eigenvalue weighted by Gasteiger charge is -2.29. The molecule has 1 aromatic carbocycles. The summed E-state index contributed by atoms with van der Waals surface area (Å²) in [6.45, 7) is 0.719. The molecule has 1 atom stereocenters. The van der Waals surface area contributed by atoms with Crippen molar-refractivity contribution in [1.82, 2.24) is 4.90 Å². The molecule has 6 heteroatoms. The smallest absolute Gasteiger partial charge is 0.313 e. The average Bonchev–Trinajstić information content (AvgIpc) is 2.40. The Bertz CT molecular complexity index is 475. The molecule has 0 unspecified atom stereocenters. The molecule has 0 aromatic heterocycles. The van der Waals surface area contributed by atoms with Gasteiger partial charge in [0.15, 0.2) is 0 Å². The van der Waals surface area contributed by atoms with Gasteiger partial charge in [-0.2, -0.15) is 0 Å². The van der Waals surface area contributed by atoms with E-state index in [1.807, 2.05) is 0 Å². The Balaban J connectivity index is 1.95. The van der Waals surface area contributed by atoms with Crippen LogP contribution in [0.2, 0.25) is 5.02 Å². The molecular formula is C13H15ClN2O3. The molecule has 2 rings (SSSR count). The molecule has 0 saturated carbocycles. The van der Waals surface area contributed by atoms with Gasteiger partial charge in [-0.1, -0.05) is 11.6 Å². The van der Waals surface area contributed by atoms with Crippen LogP contribution in [0.3, 0.4) is 0 Å². The molecule has 2 amide bonds. The molecule has 0 spiro atoms. The van der Waals surface area contributed by atoms with Crippen molar-refractivity contribution < 1.29 is 14.7 Å². The minimum absolute atomic E-state index is 0.215. The molecular weight excluding hydrogens is 268 g/mol. The van der Waals surface area contributed by atoms with E-state index < -0.39 is 17.9 Å². The maximum atomic E-state index is 11.9. The molecule has 0 radical (unpaired) electrons. The predicted molar refractivity (Wildman–Crippen MR) is 71.9 cm³/mol. The highest BCUT2D eigenvalue weighted by atomic mass is 35.5. The second kappa shape index (κ2) is 6.04. The van der Waals surface area contributed by atoms with Crippen molar-refractivity contribution >= 4 is 29.1 Å². The van der Waals surface area contributed by atoms with Gasteiger partial charge in [-0.25, -0.2) is 0 Å². The third-order valence-corrected chi connectivity index (χ3v) is 3.23. The SMILES string of the molecule is O=C(Nc1ccc(Cl)cc1)C(=O)N1CCC[C@@H](O)C1. The van der Waals surface area contributed by atoms with Gasteiger partial charge in [-0.3, -0.25) is 9.59 Å². The van der Waals surface area contributed by atoms with Crippen molar-refractivity contribution in [2.45, 2.75) is 18.9 Å². The number of carbonyl (C=O) groups is 2. The summed E-state index contributed by atoms with van der Waals surface area (Å²) in [6.07, 6.45) is 0.838. The molecule has 1 aliphatic heterocycles. The standard InChI is InChI=1S/C13H15ClN2O3/c14-9-3-5-10(6-4-9)15-12(18)13(19)16-7-1-2-11(17)8-16/h3-6,11,17H,1-2,7-8H2,(H,15,18)/t11-/m1/s1. The quantitative estimate of drug-likeness (QED) is 0.762. The molecule has 2 N–H and O–H groups in total. The number of anilines is 1.